The van der Waals surface area contributed by atoms with E-state index in [2.05, 4.69) is 30.5 Å². The Morgan fingerprint density at radius 3 is 2.59 bits per heavy atom. The Bertz CT molecular complexity index is 297. The molecule has 0 radical (unpaired) electrons. The van der Waals surface area contributed by atoms with Gasteiger partial charge in [-0.1, -0.05) is 13.8 Å². The molecule has 1 heterocycles. The van der Waals surface area contributed by atoms with E-state index in [4.69, 9.17) is 11.1 Å². The Balaban J connectivity index is 1.85. The zero-order valence-electron chi connectivity index (χ0n) is 11.1. The lowest BCUT2D eigenvalue weighted by Gasteiger charge is -2.26. The topological polar surface area (TPSA) is 53.1 Å². The fraction of sp³-hybridized carbons (Fsp3) is 0.923. The Morgan fingerprint density at radius 2 is 2.00 bits per heavy atom. The van der Waals surface area contributed by atoms with Crippen LogP contribution in [0, 0.1) is 10.8 Å². The van der Waals surface area contributed by atoms with Gasteiger partial charge >= 0.3 is 0 Å². The second-order valence-electron chi connectivity index (χ2n) is 6.34. The maximum absolute atomic E-state index is 7.47. The SMILES string of the molecule is CC1(C)CCN(CC2(CC(=N)N)CC2)CCS1. The van der Waals surface area contributed by atoms with Gasteiger partial charge in [0.05, 0.1) is 5.84 Å². The highest BCUT2D eigenvalue weighted by Gasteiger charge is 2.44. The third kappa shape index (κ3) is 3.88. The van der Waals surface area contributed by atoms with Crippen LogP contribution in [-0.4, -0.2) is 40.9 Å². The molecule has 3 nitrogen and oxygen atoms in total. The van der Waals surface area contributed by atoms with Crippen molar-refractivity contribution in [3.8, 4) is 0 Å². The molecule has 2 fully saturated rings. The molecule has 4 heteroatoms. The van der Waals surface area contributed by atoms with Gasteiger partial charge in [-0.15, -0.1) is 0 Å². The summed E-state index contributed by atoms with van der Waals surface area (Å²) in [7, 11) is 0. The third-order valence-corrected chi connectivity index (χ3v) is 5.38. The molecule has 98 valence electrons. The van der Waals surface area contributed by atoms with E-state index in [1.807, 2.05) is 0 Å². The molecule has 0 aromatic carbocycles. The van der Waals surface area contributed by atoms with Crippen molar-refractivity contribution >= 4 is 17.6 Å². The number of amidine groups is 1. The Morgan fingerprint density at radius 1 is 1.29 bits per heavy atom. The molecule has 0 atom stereocenters. The van der Waals surface area contributed by atoms with Crippen molar-refractivity contribution in [2.75, 3.05) is 25.4 Å². The highest BCUT2D eigenvalue weighted by Crippen LogP contribution is 2.49. The van der Waals surface area contributed by atoms with E-state index in [9.17, 15) is 0 Å². The summed E-state index contributed by atoms with van der Waals surface area (Å²) < 4.78 is 0.437. The summed E-state index contributed by atoms with van der Waals surface area (Å²) in [6.07, 6.45) is 4.60. The molecule has 0 unspecified atom stereocenters. The Hall–Kier alpha value is -0.220. The van der Waals surface area contributed by atoms with Gasteiger partial charge in [0.15, 0.2) is 0 Å². The molecule has 1 saturated carbocycles. The van der Waals surface area contributed by atoms with Gasteiger partial charge in [0.25, 0.3) is 0 Å². The molecule has 1 aliphatic heterocycles. The molecular weight excluding hydrogens is 230 g/mol. The molecular formula is C13H25N3S. The first-order valence-corrected chi connectivity index (χ1v) is 7.59. The second kappa shape index (κ2) is 4.81. The van der Waals surface area contributed by atoms with E-state index in [1.165, 1.54) is 38.1 Å². The number of hydrogen-bond acceptors (Lipinski definition) is 3. The van der Waals surface area contributed by atoms with Crippen molar-refractivity contribution in [2.24, 2.45) is 11.1 Å². The summed E-state index contributed by atoms with van der Waals surface area (Å²) in [5.41, 5.74) is 5.92. The quantitative estimate of drug-likeness (QED) is 0.599. The van der Waals surface area contributed by atoms with Crippen molar-refractivity contribution < 1.29 is 0 Å². The van der Waals surface area contributed by atoms with Gasteiger partial charge in [-0.3, -0.25) is 5.41 Å². The number of rotatable bonds is 4. The molecule has 0 aromatic rings. The lowest BCUT2D eigenvalue weighted by atomic mass is 10.0. The molecule has 17 heavy (non-hydrogen) atoms. The van der Waals surface area contributed by atoms with Crippen LogP contribution >= 0.6 is 11.8 Å². The smallest absolute Gasteiger partial charge is 0.0911 e. The molecule has 1 saturated heterocycles. The van der Waals surface area contributed by atoms with Gasteiger partial charge in [0.1, 0.15) is 0 Å². The van der Waals surface area contributed by atoms with E-state index in [0.717, 1.165) is 13.0 Å². The van der Waals surface area contributed by atoms with E-state index in [1.54, 1.807) is 0 Å². The number of thioether (sulfide) groups is 1. The number of nitrogens with one attached hydrogen (secondary N) is 1. The van der Waals surface area contributed by atoms with Crippen LogP contribution in [0.4, 0.5) is 0 Å². The maximum Gasteiger partial charge on any atom is 0.0911 e. The van der Waals surface area contributed by atoms with Crippen LogP contribution in [0.25, 0.3) is 0 Å². The van der Waals surface area contributed by atoms with Gasteiger partial charge in [-0.2, -0.15) is 11.8 Å². The van der Waals surface area contributed by atoms with Gasteiger partial charge < -0.3 is 10.6 Å². The minimum absolute atomic E-state index is 0.366. The monoisotopic (exact) mass is 255 g/mol. The molecule has 0 aromatic heterocycles. The van der Waals surface area contributed by atoms with E-state index in [0.29, 0.717) is 16.0 Å². The molecule has 2 aliphatic rings. The van der Waals surface area contributed by atoms with Crippen molar-refractivity contribution in [1.82, 2.24) is 4.90 Å². The van der Waals surface area contributed by atoms with Crippen LogP contribution in [0.1, 0.15) is 39.5 Å². The molecule has 0 bridgehead atoms. The fourth-order valence-electron chi connectivity index (χ4n) is 2.67. The highest BCUT2D eigenvalue weighted by atomic mass is 32.2. The summed E-state index contributed by atoms with van der Waals surface area (Å²) >= 11 is 2.10. The molecule has 0 amide bonds. The van der Waals surface area contributed by atoms with E-state index >= 15 is 0 Å². The van der Waals surface area contributed by atoms with Crippen LogP contribution in [0.3, 0.4) is 0 Å². The van der Waals surface area contributed by atoms with Crippen LogP contribution in [0.15, 0.2) is 0 Å². The van der Waals surface area contributed by atoms with E-state index in [-0.39, 0.29) is 0 Å². The molecule has 2 rings (SSSR count). The normalized spacial score (nSPS) is 27.4. The maximum atomic E-state index is 7.47. The van der Waals surface area contributed by atoms with Crippen molar-refractivity contribution in [3.63, 3.8) is 0 Å². The van der Waals surface area contributed by atoms with Crippen LogP contribution < -0.4 is 5.73 Å². The van der Waals surface area contributed by atoms with Crippen molar-refractivity contribution in [2.45, 2.75) is 44.3 Å². The largest absolute Gasteiger partial charge is 0.388 e. The first-order valence-electron chi connectivity index (χ1n) is 6.60. The standard InChI is InChI=1S/C13H25N3S/c1-12(2)5-6-16(7-8-17-12)10-13(3-4-13)9-11(14)15/h3-10H2,1-2H3,(H3,14,15). The molecule has 0 spiro atoms. The Labute approximate surface area is 109 Å². The second-order valence-corrected chi connectivity index (χ2v) is 8.14. The summed E-state index contributed by atoms with van der Waals surface area (Å²) in [5.74, 6) is 1.61. The average Bonchev–Trinajstić information content (AvgIpc) is 2.94. The van der Waals surface area contributed by atoms with Crippen LogP contribution in [-0.2, 0) is 0 Å². The highest BCUT2D eigenvalue weighted by molar-refractivity contribution is 8.00. The van der Waals surface area contributed by atoms with Crippen molar-refractivity contribution in [1.29, 1.82) is 5.41 Å². The summed E-state index contributed by atoms with van der Waals surface area (Å²) in [6.45, 7) is 8.27. The zero-order chi connectivity index (χ0) is 12.5. The number of hydrogen-bond donors (Lipinski definition) is 2. The van der Waals surface area contributed by atoms with Gasteiger partial charge in [0, 0.05) is 30.0 Å². The van der Waals surface area contributed by atoms with Gasteiger partial charge in [-0.25, -0.2) is 0 Å². The van der Waals surface area contributed by atoms with E-state index < -0.39 is 0 Å². The minimum Gasteiger partial charge on any atom is -0.388 e. The first-order chi connectivity index (χ1) is 7.91. The lowest BCUT2D eigenvalue weighted by molar-refractivity contribution is 0.230. The van der Waals surface area contributed by atoms with Crippen LogP contribution in [0.5, 0.6) is 0 Å². The predicted molar refractivity (Wildman–Crippen MR) is 75.8 cm³/mol. The summed E-state index contributed by atoms with van der Waals surface area (Å²) in [4.78, 5) is 2.59. The van der Waals surface area contributed by atoms with Crippen molar-refractivity contribution in [3.05, 3.63) is 0 Å². The third-order valence-electron chi connectivity index (χ3n) is 4.01. The first kappa shape index (κ1) is 13.2. The fourth-order valence-corrected chi connectivity index (χ4v) is 3.80. The van der Waals surface area contributed by atoms with Gasteiger partial charge in [-0.05, 0) is 31.2 Å². The summed E-state index contributed by atoms with van der Waals surface area (Å²) in [5, 5.41) is 7.47. The predicted octanol–water partition coefficient (Wildman–Crippen LogP) is 2.31. The summed E-state index contributed by atoms with van der Waals surface area (Å²) in [6, 6.07) is 0. The lowest BCUT2D eigenvalue weighted by Crippen LogP contribution is -2.34. The van der Waals surface area contributed by atoms with Crippen LogP contribution in [0.2, 0.25) is 0 Å². The average molecular weight is 255 g/mol. The number of nitrogens with zero attached hydrogens (tertiary/aromatic N) is 1. The molecule has 3 N–H and O–H groups in total. The Kier molecular flexibility index (Phi) is 3.74. The number of nitrogens with two attached hydrogens (primary N) is 1. The zero-order valence-corrected chi connectivity index (χ0v) is 11.9. The minimum atomic E-state index is 0.366. The van der Waals surface area contributed by atoms with Gasteiger partial charge in [0.2, 0.25) is 0 Å². The molecule has 1 aliphatic carbocycles.